The van der Waals surface area contributed by atoms with Crippen molar-refractivity contribution in [1.82, 2.24) is 24.8 Å². The van der Waals surface area contributed by atoms with Crippen LogP contribution in [0.5, 0.6) is 5.75 Å². The Morgan fingerprint density at radius 1 is 1.15 bits per heavy atom. The zero-order valence-corrected chi connectivity index (χ0v) is 11.5. The van der Waals surface area contributed by atoms with Gasteiger partial charge in [0, 0.05) is 26.4 Å². The minimum absolute atomic E-state index is 0.643. The predicted molar refractivity (Wildman–Crippen MR) is 74.9 cm³/mol. The first-order valence-electron chi connectivity index (χ1n) is 6.08. The first kappa shape index (κ1) is 12.3. The maximum atomic E-state index is 5.37. The molecule has 0 aliphatic carbocycles. The van der Waals surface area contributed by atoms with Gasteiger partial charge >= 0.3 is 0 Å². The Morgan fingerprint density at radius 3 is 2.75 bits per heavy atom. The van der Waals surface area contributed by atoms with E-state index >= 15 is 0 Å². The van der Waals surface area contributed by atoms with Crippen LogP contribution in [0.4, 0.5) is 5.95 Å². The number of nitrogens with zero attached hydrogens (tertiary/aromatic N) is 6. The highest BCUT2D eigenvalue weighted by molar-refractivity contribution is 5.82. The van der Waals surface area contributed by atoms with Gasteiger partial charge in [0.15, 0.2) is 0 Å². The monoisotopic (exact) mass is 270 g/mol. The lowest BCUT2D eigenvalue weighted by atomic mass is 10.2. The van der Waals surface area contributed by atoms with Gasteiger partial charge in [-0.2, -0.15) is 10.2 Å². The molecule has 0 spiro atoms. The summed E-state index contributed by atoms with van der Waals surface area (Å²) in [5, 5.41) is 8.39. The van der Waals surface area contributed by atoms with E-state index in [1.165, 1.54) is 4.63 Å². The fourth-order valence-corrected chi connectivity index (χ4v) is 1.97. The molecular formula is C13H14N6O. The molecule has 0 fully saturated rings. The van der Waals surface area contributed by atoms with Crippen LogP contribution < -0.4 is 9.64 Å². The zero-order chi connectivity index (χ0) is 14.1. The minimum Gasteiger partial charge on any atom is -0.494 e. The van der Waals surface area contributed by atoms with Gasteiger partial charge in [-0.05, 0) is 6.07 Å². The Labute approximate surface area is 115 Å². The SMILES string of the molecule is COc1ccnn2ncc(-c3ccnc(N(C)C)n3)c12. The predicted octanol–water partition coefficient (Wildman–Crippen LogP) is 1.26. The standard InChI is InChI=1S/C13H14N6O/c1-18(2)13-14-6-4-10(17-13)9-8-16-19-12(9)11(20-3)5-7-15-19/h4-8H,1-3H3. The van der Waals surface area contributed by atoms with Crippen LogP contribution in [-0.4, -0.2) is 46.0 Å². The van der Waals surface area contributed by atoms with Gasteiger partial charge in [0.2, 0.25) is 5.95 Å². The topological polar surface area (TPSA) is 68.4 Å². The molecule has 0 atom stereocenters. The summed E-state index contributed by atoms with van der Waals surface area (Å²) in [7, 11) is 5.42. The second-order valence-corrected chi connectivity index (χ2v) is 4.43. The highest BCUT2D eigenvalue weighted by Crippen LogP contribution is 2.29. The zero-order valence-electron chi connectivity index (χ0n) is 11.5. The van der Waals surface area contributed by atoms with Gasteiger partial charge in [0.25, 0.3) is 0 Å². The van der Waals surface area contributed by atoms with E-state index in [-0.39, 0.29) is 0 Å². The molecular weight excluding hydrogens is 256 g/mol. The summed E-state index contributed by atoms with van der Waals surface area (Å²) in [4.78, 5) is 10.6. The van der Waals surface area contributed by atoms with Crippen molar-refractivity contribution >= 4 is 11.5 Å². The molecule has 3 rings (SSSR count). The van der Waals surface area contributed by atoms with E-state index in [0.717, 1.165) is 16.8 Å². The molecule has 0 saturated heterocycles. The Hall–Kier alpha value is -2.70. The van der Waals surface area contributed by atoms with Crippen LogP contribution in [-0.2, 0) is 0 Å². The number of hydrogen-bond acceptors (Lipinski definition) is 6. The number of methoxy groups -OCH3 is 1. The molecule has 0 aliphatic heterocycles. The van der Waals surface area contributed by atoms with Gasteiger partial charge in [-0.3, -0.25) is 0 Å². The van der Waals surface area contributed by atoms with E-state index in [0.29, 0.717) is 11.7 Å². The molecule has 3 heterocycles. The fraction of sp³-hybridized carbons (Fsp3) is 0.231. The maximum Gasteiger partial charge on any atom is 0.225 e. The molecule has 0 bridgehead atoms. The molecule has 0 aromatic carbocycles. The third kappa shape index (κ3) is 1.93. The quantitative estimate of drug-likeness (QED) is 0.713. The second-order valence-electron chi connectivity index (χ2n) is 4.43. The number of aromatic nitrogens is 5. The molecule has 0 radical (unpaired) electrons. The van der Waals surface area contributed by atoms with Gasteiger partial charge in [-0.25, -0.2) is 9.97 Å². The van der Waals surface area contributed by atoms with Crippen LogP contribution >= 0.6 is 0 Å². The summed E-state index contributed by atoms with van der Waals surface area (Å²) in [6.45, 7) is 0. The molecule has 20 heavy (non-hydrogen) atoms. The molecule has 3 aromatic heterocycles. The molecule has 7 heteroatoms. The van der Waals surface area contributed by atoms with Crippen molar-refractivity contribution in [3.05, 3.63) is 30.7 Å². The summed E-state index contributed by atoms with van der Waals surface area (Å²) in [6, 6.07) is 3.64. The lowest BCUT2D eigenvalue weighted by Crippen LogP contribution is -2.12. The van der Waals surface area contributed by atoms with Gasteiger partial charge in [-0.1, -0.05) is 0 Å². The molecule has 102 valence electrons. The normalized spacial score (nSPS) is 10.8. The van der Waals surface area contributed by atoms with E-state index < -0.39 is 0 Å². The van der Waals surface area contributed by atoms with Crippen LogP contribution in [0.2, 0.25) is 0 Å². The lowest BCUT2D eigenvalue weighted by Gasteiger charge is -2.10. The van der Waals surface area contributed by atoms with Crippen molar-refractivity contribution in [3.8, 4) is 17.0 Å². The van der Waals surface area contributed by atoms with Crippen LogP contribution in [0.3, 0.4) is 0 Å². The lowest BCUT2D eigenvalue weighted by molar-refractivity contribution is 0.416. The molecule has 3 aromatic rings. The van der Waals surface area contributed by atoms with Crippen LogP contribution in [0.1, 0.15) is 0 Å². The van der Waals surface area contributed by atoms with E-state index in [9.17, 15) is 0 Å². The Balaban J connectivity index is 2.22. The third-order valence-corrected chi connectivity index (χ3v) is 2.93. The van der Waals surface area contributed by atoms with E-state index in [4.69, 9.17) is 4.74 Å². The Bertz CT molecular complexity index is 751. The average Bonchev–Trinajstić information content (AvgIpc) is 2.91. The number of fused-ring (bicyclic) bond motifs is 1. The van der Waals surface area contributed by atoms with Gasteiger partial charge in [-0.15, -0.1) is 4.63 Å². The Kier molecular flexibility index (Phi) is 2.94. The number of ether oxygens (including phenoxy) is 1. The summed E-state index contributed by atoms with van der Waals surface area (Å²) in [6.07, 6.45) is 5.10. The largest absolute Gasteiger partial charge is 0.494 e. The second kappa shape index (κ2) is 4.76. The molecule has 0 amide bonds. The number of hydrogen-bond donors (Lipinski definition) is 0. The van der Waals surface area contributed by atoms with Crippen molar-refractivity contribution in [2.75, 3.05) is 26.1 Å². The first-order valence-corrected chi connectivity index (χ1v) is 6.08. The van der Waals surface area contributed by atoms with Gasteiger partial charge in [0.1, 0.15) is 11.3 Å². The molecule has 0 N–H and O–H groups in total. The van der Waals surface area contributed by atoms with Gasteiger partial charge < -0.3 is 9.64 Å². The van der Waals surface area contributed by atoms with E-state index in [2.05, 4.69) is 20.2 Å². The van der Waals surface area contributed by atoms with Crippen molar-refractivity contribution in [2.24, 2.45) is 0 Å². The smallest absolute Gasteiger partial charge is 0.225 e. The highest BCUT2D eigenvalue weighted by atomic mass is 16.5. The van der Waals surface area contributed by atoms with Crippen molar-refractivity contribution in [1.29, 1.82) is 0 Å². The maximum absolute atomic E-state index is 5.37. The summed E-state index contributed by atoms with van der Waals surface area (Å²) in [5.41, 5.74) is 2.43. The molecule has 0 aliphatic rings. The van der Waals surface area contributed by atoms with Crippen LogP contribution in [0, 0.1) is 0 Å². The summed E-state index contributed by atoms with van der Waals surface area (Å²) < 4.78 is 6.90. The van der Waals surface area contributed by atoms with Crippen molar-refractivity contribution in [3.63, 3.8) is 0 Å². The third-order valence-electron chi connectivity index (χ3n) is 2.93. The molecule has 0 saturated carbocycles. The minimum atomic E-state index is 0.643. The fourth-order valence-electron chi connectivity index (χ4n) is 1.97. The first-order chi connectivity index (χ1) is 9.70. The van der Waals surface area contributed by atoms with Crippen molar-refractivity contribution < 1.29 is 4.74 Å². The van der Waals surface area contributed by atoms with Crippen LogP contribution in [0.25, 0.3) is 16.8 Å². The van der Waals surface area contributed by atoms with Crippen LogP contribution in [0.15, 0.2) is 30.7 Å². The Morgan fingerprint density at radius 2 is 2.00 bits per heavy atom. The number of anilines is 1. The number of rotatable bonds is 3. The summed E-state index contributed by atoms with van der Waals surface area (Å²) in [5.74, 6) is 1.35. The van der Waals surface area contributed by atoms with E-state index in [1.54, 1.807) is 31.8 Å². The highest BCUT2D eigenvalue weighted by Gasteiger charge is 2.14. The average molecular weight is 270 g/mol. The molecule has 0 unspecified atom stereocenters. The van der Waals surface area contributed by atoms with E-state index in [1.807, 2.05) is 25.1 Å². The molecule has 7 nitrogen and oxygen atoms in total. The summed E-state index contributed by atoms with van der Waals surface area (Å²) >= 11 is 0. The van der Waals surface area contributed by atoms with Gasteiger partial charge in [0.05, 0.1) is 30.8 Å². The van der Waals surface area contributed by atoms with Crippen molar-refractivity contribution in [2.45, 2.75) is 0 Å².